The average molecular weight is 214 g/mol. The van der Waals surface area contributed by atoms with Crippen molar-refractivity contribution in [3.63, 3.8) is 0 Å². The molecule has 0 amide bonds. The highest BCUT2D eigenvalue weighted by molar-refractivity contribution is 4.92. The number of rotatable bonds is 1. The second kappa shape index (κ2) is 3.72. The second-order valence-corrected chi connectivity index (χ2v) is 6.00. The van der Waals surface area contributed by atoms with E-state index in [1.54, 1.807) is 0 Å². The molecule has 3 heteroatoms. The molecule has 0 radical (unpaired) electrons. The number of aliphatic hydroxyl groups excluding tert-OH is 1. The van der Waals surface area contributed by atoms with Crippen molar-refractivity contribution in [2.24, 2.45) is 11.3 Å². The van der Waals surface area contributed by atoms with Gasteiger partial charge in [-0.2, -0.15) is 0 Å². The van der Waals surface area contributed by atoms with Crippen molar-refractivity contribution < 1.29 is 14.6 Å². The van der Waals surface area contributed by atoms with Crippen molar-refractivity contribution in [1.82, 2.24) is 0 Å². The first-order chi connectivity index (χ1) is 6.95. The lowest BCUT2D eigenvalue weighted by Crippen LogP contribution is -2.43. The van der Waals surface area contributed by atoms with E-state index in [2.05, 4.69) is 20.8 Å². The van der Waals surface area contributed by atoms with Gasteiger partial charge in [-0.25, -0.2) is 0 Å². The van der Waals surface area contributed by atoms with Crippen molar-refractivity contribution >= 4 is 0 Å². The Hall–Kier alpha value is -0.120. The highest BCUT2D eigenvalue weighted by atomic mass is 16.7. The molecule has 1 saturated heterocycles. The van der Waals surface area contributed by atoms with Crippen LogP contribution < -0.4 is 0 Å². The van der Waals surface area contributed by atoms with Gasteiger partial charge in [-0.05, 0) is 17.8 Å². The minimum Gasteiger partial charge on any atom is -0.394 e. The van der Waals surface area contributed by atoms with E-state index in [4.69, 9.17) is 14.6 Å². The summed E-state index contributed by atoms with van der Waals surface area (Å²) in [6.45, 7) is 7.39. The van der Waals surface area contributed by atoms with Crippen LogP contribution in [0.15, 0.2) is 0 Å². The summed E-state index contributed by atoms with van der Waals surface area (Å²) in [4.78, 5) is 0. The largest absolute Gasteiger partial charge is 0.394 e. The van der Waals surface area contributed by atoms with Crippen LogP contribution in [-0.2, 0) is 9.47 Å². The smallest absolute Gasteiger partial charge is 0.169 e. The van der Waals surface area contributed by atoms with Crippen LogP contribution in [0.25, 0.3) is 0 Å². The van der Waals surface area contributed by atoms with E-state index in [0.717, 1.165) is 12.8 Å². The summed E-state index contributed by atoms with van der Waals surface area (Å²) in [6, 6.07) is 0. The molecule has 15 heavy (non-hydrogen) atoms. The van der Waals surface area contributed by atoms with Gasteiger partial charge in [-0.3, -0.25) is 0 Å². The molecule has 0 aromatic carbocycles. The van der Waals surface area contributed by atoms with Gasteiger partial charge in [-0.15, -0.1) is 0 Å². The maximum atomic E-state index is 9.07. The third-order valence-corrected chi connectivity index (χ3v) is 3.43. The molecule has 1 saturated carbocycles. The first-order valence-electron chi connectivity index (χ1n) is 5.87. The summed E-state index contributed by atoms with van der Waals surface area (Å²) in [7, 11) is 0. The zero-order valence-electron chi connectivity index (χ0n) is 9.95. The first kappa shape index (κ1) is 11.4. The van der Waals surface area contributed by atoms with Crippen LogP contribution in [0.3, 0.4) is 0 Å². The van der Waals surface area contributed by atoms with Crippen molar-refractivity contribution in [1.29, 1.82) is 0 Å². The molecule has 3 atom stereocenters. The molecule has 1 aliphatic carbocycles. The summed E-state index contributed by atoms with van der Waals surface area (Å²) in [6.07, 6.45) is 3.02. The van der Waals surface area contributed by atoms with Gasteiger partial charge in [0, 0.05) is 12.8 Å². The van der Waals surface area contributed by atoms with Crippen molar-refractivity contribution in [3.05, 3.63) is 0 Å². The molecule has 88 valence electrons. The van der Waals surface area contributed by atoms with Crippen LogP contribution >= 0.6 is 0 Å². The van der Waals surface area contributed by atoms with E-state index >= 15 is 0 Å². The molecule has 1 heterocycles. The van der Waals surface area contributed by atoms with Gasteiger partial charge in [0.15, 0.2) is 5.79 Å². The Morgan fingerprint density at radius 1 is 1.33 bits per heavy atom. The Morgan fingerprint density at radius 2 is 2.07 bits per heavy atom. The first-order valence-corrected chi connectivity index (χ1v) is 5.87. The van der Waals surface area contributed by atoms with Crippen molar-refractivity contribution in [2.45, 2.75) is 51.9 Å². The van der Waals surface area contributed by atoms with E-state index in [9.17, 15) is 0 Å². The van der Waals surface area contributed by atoms with Crippen LogP contribution in [0.2, 0.25) is 0 Å². The van der Waals surface area contributed by atoms with Gasteiger partial charge in [0.25, 0.3) is 0 Å². The molecule has 0 bridgehead atoms. The predicted octanol–water partition coefficient (Wildman–Crippen LogP) is 1.94. The van der Waals surface area contributed by atoms with E-state index in [0.29, 0.717) is 12.5 Å². The van der Waals surface area contributed by atoms with E-state index < -0.39 is 5.79 Å². The number of hydrogen-bond acceptors (Lipinski definition) is 3. The fourth-order valence-electron chi connectivity index (χ4n) is 3.33. The third-order valence-electron chi connectivity index (χ3n) is 3.43. The monoisotopic (exact) mass is 214 g/mol. The Kier molecular flexibility index (Phi) is 2.82. The fraction of sp³-hybridized carbons (Fsp3) is 1.00. The molecular formula is C12H22O3. The molecule has 2 rings (SSSR count). The van der Waals surface area contributed by atoms with Gasteiger partial charge in [0.2, 0.25) is 0 Å². The normalized spacial score (nSPS) is 44.8. The Bertz CT molecular complexity index is 239. The average Bonchev–Trinajstić information content (AvgIpc) is 2.44. The van der Waals surface area contributed by atoms with E-state index in [1.165, 1.54) is 6.42 Å². The number of ether oxygens (including phenoxy) is 2. The molecular weight excluding hydrogens is 192 g/mol. The lowest BCUT2D eigenvalue weighted by molar-refractivity contribution is -0.218. The summed E-state index contributed by atoms with van der Waals surface area (Å²) in [5.74, 6) is 0.223. The molecule has 3 unspecified atom stereocenters. The lowest BCUT2D eigenvalue weighted by atomic mass is 9.70. The zero-order chi connectivity index (χ0) is 11.1. The Balaban J connectivity index is 2.08. The van der Waals surface area contributed by atoms with Gasteiger partial charge in [0.05, 0.1) is 13.2 Å². The number of hydrogen-bond donors (Lipinski definition) is 1. The summed E-state index contributed by atoms with van der Waals surface area (Å²) >= 11 is 0. The summed E-state index contributed by atoms with van der Waals surface area (Å²) < 4.78 is 11.7. The van der Waals surface area contributed by atoms with Crippen LogP contribution in [0.5, 0.6) is 0 Å². The van der Waals surface area contributed by atoms with Gasteiger partial charge in [-0.1, -0.05) is 20.8 Å². The van der Waals surface area contributed by atoms with Crippen LogP contribution in [0.1, 0.15) is 40.0 Å². The molecule has 1 spiro atoms. The van der Waals surface area contributed by atoms with Crippen LogP contribution in [0.4, 0.5) is 0 Å². The fourth-order valence-corrected chi connectivity index (χ4v) is 3.33. The second-order valence-electron chi connectivity index (χ2n) is 6.00. The molecule has 0 aromatic rings. The van der Waals surface area contributed by atoms with Crippen molar-refractivity contribution in [2.75, 3.05) is 13.2 Å². The van der Waals surface area contributed by atoms with Crippen molar-refractivity contribution in [3.8, 4) is 0 Å². The molecule has 2 fully saturated rings. The lowest BCUT2D eigenvalue weighted by Gasteiger charge is -2.44. The third kappa shape index (κ3) is 2.35. The maximum Gasteiger partial charge on any atom is 0.169 e. The standard InChI is InChI=1S/C12H22O3/c1-9-4-11(2,3)8-12(5-9)14-7-10(6-13)15-12/h9-10,13H,4-8H2,1-3H3. The molecule has 1 aliphatic heterocycles. The van der Waals surface area contributed by atoms with E-state index in [-0.39, 0.29) is 18.1 Å². The predicted molar refractivity (Wildman–Crippen MR) is 57.4 cm³/mol. The Labute approximate surface area is 91.8 Å². The van der Waals surface area contributed by atoms with Gasteiger partial charge >= 0.3 is 0 Å². The highest BCUT2D eigenvalue weighted by Crippen LogP contribution is 2.48. The molecule has 2 aliphatic rings. The highest BCUT2D eigenvalue weighted by Gasteiger charge is 2.49. The summed E-state index contributed by atoms with van der Waals surface area (Å²) in [5, 5.41) is 9.07. The van der Waals surface area contributed by atoms with Gasteiger partial charge < -0.3 is 14.6 Å². The zero-order valence-corrected chi connectivity index (χ0v) is 9.95. The topological polar surface area (TPSA) is 38.7 Å². The number of aliphatic hydroxyl groups is 1. The molecule has 1 N–H and O–H groups in total. The minimum absolute atomic E-state index is 0.0660. The SMILES string of the molecule is CC1CC(C)(C)CC2(C1)OCC(CO)O2. The van der Waals surface area contributed by atoms with Gasteiger partial charge in [0.1, 0.15) is 6.10 Å². The molecule has 3 nitrogen and oxygen atoms in total. The maximum absolute atomic E-state index is 9.07. The van der Waals surface area contributed by atoms with Crippen LogP contribution in [0, 0.1) is 11.3 Å². The molecule has 0 aromatic heterocycles. The van der Waals surface area contributed by atoms with Crippen LogP contribution in [-0.4, -0.2) is 30.2 Å². The quantitative estimate of drug-likeness (QED) is 0.725. The Morgan fingerprint density at radius 3 is 2.60 bits per heavy atom. The summed E-state index contributed by atoms with van der Waals surface area (Å²) in [5.41, 5.74) is 0.280. The van der Waals surface area contributed by atoms with E-state index in [1.807, 2.05) is 0 Å². The minimum atomic E-state index is -0.408.